The molecular weight excluding hydrogens is 324 g/mol. The molecule has 0 spiro atoms. The lowest BCUT2D eigenvalue weighted by atomic mass is 10.1. The van der Waals surface area contributed by atoms with E-state index < -0.39 is 11.8 Å². The first-order chi connectivity index (χ1) is 11.5. The Morgan fingerprint density at radius 3 is 2.04 bits per heavy atom. The molecule has 0 atom stereocenters. The fourth-order valence-electron chi connectivity index (χ4n) is 2.31. The molecule has 0 aliphatic rings. The standard InChI is InChI=1S/C19H15ClN2O2/c1-12-6-8-16(11-17(12)20)22-19(24)18(23)21-15-9-7-13-4-2-3-5-14(13)10-15/h2-11H,1H3,(H,21,23)(H,22,24). The maximum absolute atomic E-state index is 12.0. The highest BCUT2D eigenvalue weighted by molar-refractivity contribution is 6.43. The number of halogens is 1. The van der Waals surface area contributed by atoms with Crippen LogP contribution in [0.1, 0.15) is 5.56 Å². The zero-order valence-electron chi connectivity index (χ0n) is 13.0. The topological polar surface area (TPSA) is 58.2 Å². The predicted octanol–water partition coefficient (Wildman–Crippen LogP) is 4.38. The van der Waals surface area contributed by atoms with E-state index in [1.807, 2.05) is 43.3 Å². The van der Waals surface area contributed by atoms with Crippen LogP contribution in [0, 0.1) is 6.92 Å². The minimum atomic E-state index is -0.747. The van der Waals surface area contributed by atoms with Crippen LogP contribution in [-0.4, -0.2) is 11.8 Å². The number of carbonyl (C=O) groups is 2. The molecule has 0 bridgehead atoms. The highest BCUT2D eigenvalue weighted by Crippen LogP contribution is 2.21. The molecule has 2 N–H and O–H groups in total. The van der Waals surface area contributed by atoms with Crippen LogP contribution in [0.15, 0.2) is 60.7 Å². The summed E-state index contributed by atoms with van der Waals surface area (Å²) in [5.41, 5.74) is 1.94. The first kappa shape index (κ1) is 16.0. The van der Waals surface area contributed by atoms with E-state index in [4.69, 9.17) is 11.6 Å². The van der Waals surface area contributed by atoms with Crippen molar-refractivity contribution in [2.24, 2.45) is 0 Å². The zero-order chi connectivity index (χ0) is 17.1. The molecular formula is C19H15ClN2O2. The van der Waals surface area contributed by atoms with E-state index in [-0.39, 0.29) is 0 Å². The van der Waals surface area contributed by atoms with Gasteiger partial charge in [-0.25, -0.2) is 0 Å². The zero-order valence-corrected chi connectivity index (χ0v) is 13.7. The number of aryl methyl sites for hydroxylation is 1. The number of amides is 2. The van der Waals surface area contributed by atoms with Crippen LogP contribution in [0.3, 0.4) is 0 Å². The van der Waals surface area contributed by atoms with Crippen molar-refractivity contribution in [2.45, 2.75) is 6.92 Å². The van der Waals surface area contributed by atoms with Gasteiger partial charge in [-0.05, 0) is 47.5 Å². The van der Waals surface area contributed by atoms with Gasteiger partial charge >= 0.3 is 11.8 Å². The summed E-state index contributed by atoms with van der Waals surface area (Å²) < 4.78 is 0. The van der Waals surface area contributed by atoms with Crippen LogP contribution < -0.4 is 10.6 Å². The number of fused-ring (bicyclic) bond motifs is 1. The average Bonchev–Trinajstić information content (AvgIpc) is 2.58. The third kappa shape index (κ3) is 3.55. The molecule has 0 radical (unpaired) electrons. The Hall–Kier alpha value is -2.85. The van der Waals surface area contributed by atoms with E-state index in [2.05, 4.69) is 10.6 Å². The van der Waals surface area contributed by atoms with Gasteiger partial charge in [-0.15, -0.1) is 0 Å². The van der Waals surface area contributed by atoms with Crippen LogP contribution in [0.5, 0.6) is 0 Å². The quantitative estimate of drug-likeness (QED) is 0.681. The maximum atomic E-state index is 12.0. The van der Waals surface area contributed by atoms with E-state index >= 15 is 0 Å². The summed E-state index contributed by atoms with van der Waals surface area (Å²) in [6.45, 7) is 1.86. The van der Waals surface area contributed by atoms with Gasteiger partial charge in [0.1, 0.15) is 0 Å². The largest absolute Gasteiger partial charge is 0.318 e. The van der Waals surface area contributed by atoms with Crippen molar-refractivity contribution in [3.8, 4) is 0 Å². The summed E-state index contributed by atoms with van der Waals surface area (Å²) in [5.74, 6) is -1.48. The number of nitrogens with one attached hydrogen (secondary N) is 2. The molecule has 4 nitrogen and oxygen atoms in total. The van der Waals surface area contributed by atoms with E-state index in [1.54, 1.807) is 24.3 Å². The van der Waals surface area contributed by atoms with Gasteiger partial charge in [0.05, 0.1) is 0 Å². The van der Waals surface area contributed by atoms with Crippen molar-refractivity contribution in [1.82, 2.24) is 0 Å². The fourth-order valence-corrected chi connectivity index (χ4v) is 2.49. The third-order valence-electron chi connectivity index (χ3n) is 3.64. The highest BCUT2D eigenvalue weighted by atomic mass is 35.5. The van der Waals surface area contributed by atoms with Gasteiger partial charge < -0.3 is 10.6 Å². The highest BCUT2D eigenvalue weighted by Gasteiger charge is 2.14. The van der Waals surface area contributed by atoms with Crippen molar-refractivity contribution in [1.29, 1.82) is 0 Å². The SMILES string of the molecule is Cc1ccc(NC(=O)C(=O)Nc2ccc3ccccc3c2)cc1Cl. The van der Waals surface area contributed by atoms with Gasteiger partial charge in [0.2, 0.25) is 0 Å². The molecule has 5 heteroatoms. The lowest BCUT2D eigenvalue weighted by molar-refractivity contribution is -0.132. The number of hydrogen-bond donors (Lipinski definition) is 2. The molecule has 0 heterocycles. The monoisotopic (exact) mass is 338 g/mol. The van der Waals surface area contributed by atoms with E-state index in [1.165, 1.54) is 0 Å². The molecule has 2 amide bonds. The van der Waals surface area contributed by atoms with Crippen LogP contribution in [0.25, 0.3) is 10.8 Å². The minimum absolute atomic E-state index is 0.476. The second-order valence-electron chi connectivity index (χ2n) is 5.43. The molecule has 0 aliphatic heterocycles. The second-order valence-corrected chi connectivity index (χ2v) is 5.84. The molecule has 0 fully saturated rings. The first-order valence-corrected chi connectivity index (χ1v) is 7.78. The number of hydrogen-bond acceptors (Lipinski definition) is 2. The summed E-state index contributed by atoms with van der Waals surface area (Å²) in [5, 5.41) is 7.71. The summed E-state index contributed by atoms with van der Waals surface area (Å²) >= 11 is 6.01. The summed E-state index contributed by atoms with van der Waals surface area (Å²) in [6.07, 6.45) is 0. The smallest absolute Gasteiger partial charge is 0.314 e. The number of benzene rings is 3. The molecule has 0 aromatic heterocycles. The van der Waals surface area contributed by atoms with Crippen LogP contribution >= 0.6 is 11.6 Å². The van der Waals surface area contributed by atoms with Crippen molar-refractivity contribution in [3.05, 3.63) is 71.2 Å². The number of anilines is 2. The van der Waals surface area contributed by atoms with E-state index in [0.717, 1.165) is 16.3 Å². The first-order valence-electron chi connectivity index (χ1n) is 7.40. The van der Waals surface area contributed by atoms with Gasteiger partial charge in [0.15, 0.2) is 0 Å². The Balaban J connectivity index is 1.70. The Kier molecular flexibility index (Phi) is 4.49. The van der Waals surface area contributed by atoms with Gasteiger partial charge in [0.25, 0.3) is 0 Å². The summed E-state index contributed by atoms with van der Waals surface area (Å²) in [4.78, 5) is 24.1. The fraction of sp³-hybridized carbons (Fsp3) is 0.0526. The summed E-state index contributed by atoms with van der Waals surface area (Å²) in [6, 6.07) is 18.3. The molecule has 3 rings (SSSR count). The molecule has 24 heavy (non-hydrogen) atoms. The normalized spacial score (nSPS) is 10.4. The molecule has 0 aliphatic carbocycles. The molecule has 0 saturated carbocycles. The van der Waals surface area contributed by atoms with Crippen LogP contribution in [-0.2, 0) is 9.59 Å². The summed E-state index contributed by atoms with van der Waals surface area (Å²) in [7, 11) is 0. The predicted molar refractivity (Wildman–Crippen MR) is 97.4 cm³/mol. The number of carbonyl (C=O) groups excluding carboxylic acids is 2. The number of rotatable bonds is 2. The Morgan fingerprint density at radius 1 is 0.792 bits per heavy atom. The van der Waals surface area contributed by atoms with Gasteiger partial charge in [0, 0.05) is 16.4 Å². The molecule has 120 valence electrons. The third-order valence-corrected chi connectivity index (χ3v) is 4.05. The van der Waals surface area contributed by atoms with Crippen LogP contribution in [0.4, 0.5) is 11.4 Å². The van der Waals surface area contributed by atoms with Crippen LogP contribution in [0.2, 0.25) is 5.02 Å². The molecule has 3 aromatic carbocycles. The minimum Gasteiger partial charge on any atom is -0.318 e. The lowest BCUT2D eigenvalue weighted by Crippen LogP contribution is -2.29. The second kappa shape index (κ2) is 6.72. The van der Waals surface area contributed by atoms with Gasteiger partial charge in [-0.2, -0.15) is 0 Å². The van der Waals surface area contributed by atoms with Crippen molar-refractivity contribution >= 4 is 45.6 Å². The van der Waals surface area contributed by atoms with E-state index in [9.17, 15) is 9.59 Å². The lowest BCUT2D eigenvalue weighted by Gasteiger charge is -2.08. The molecule has 0 unspecified atom stereocenters. The van der Waals surface area contributed by atoms with Gasteiger partial charge in [-0.1, -0.05) is 48.0 Å². The van der Waals surface area contributed by atoms with Crippen molar-refractivity contribution in [2.75, 3.05) is 10.6 Å². The maximum Gasteiger partial charge on any atom is 0.314 e. The Labute approximate surface area is 144 Å². The van der Waals surface area contributed by atoms with E-state index in [0.29, 0.717) is 16.4 Å². The van der Waals surface area contributed by atoms with Crippen molar-refractivity contribution in [3.63, 3.8) is 0 Å². The molecule has 3 aromatic rings. The Bertz CT molecular complexity index is 938. The Morgan fingerprint density at radius 2 is 1.38 bits per heavy atom. The molecule has 0 saturated heterocycles. The average molecular weight is 339 g/mol. The van der Waals surface area contributed by atoms with Gasteiger partial charge in [-0.3, -0.25) is 9.59 Å². The van der Waals surface area contributed by atoms with Crippen molar-refractivity contribution < 1.29 is 9.59 Å².